The maximum Gasteiger partial charge on any atom is 0.321 e. The molecule has 0 aliphatic rings. The van der Waals surface area contributed by atoms with E-state index in [0.717, 1.165) is 16.0 Å². The van der Waals surface area contributed by atoms with Gasteiger partial charge < -0.3 is 16.2 Å². The first-order valence-electron chi connectivity index (χ1n) is 7.04. The van der Waals surface area contributed by atoms with Crippen molar-refractivity contribution >= 4 is 17.4 Å². The maximum absolute atomic E-state index is 5.94. The van der Waals surface area contributed by atoms with Crippen LogP contribution >= 0.6 is 11.8 Å². The molecule has 0 saturated carbocycles. The van der Waals surface area contributed by atoms with Crippen molar-refractivity contribution in [1.82, 2.24) is 9.97 Å². The minimum absolute atomic E-state index is 0.312. The van der Waals surface area contributed by atoms with Crippen LogP contribution in [0.1, 0.15) is 0 Å². The molecule has 0 bridgehead atoms. The van der Waals surface area contributed by atoms with Crippen molar-refractivity contribution in [3.8, 4) is 22.9 Å². The van der Waals surface area contributed by atoms with Gasteiger partial charge in [-0.2, -0.15) is 0 Å². The largest absolute Gasteiger partial charge is 0.424 e. The van der Waals surface area contributed by atoms with E-state index in [0.29, 0.717) is 23.3 Å². The van der Waals surface area contributed by atoms with Crippen molar-refractivity contribution in [1.29, 1.82) is 0 Å². The van der Waals surface area contributed by atoms with E-state index in [9.17, 15) is 0 Å². The van der Waals surface area contributed by atoms with Gasteiger partial charge in [0.25, 0.3) is 0 Å². The number of nitrogens with two attached hydrogens (primary N) is 2. The summed E-state index contributed by atoms with van der Waals surface area (Å²) in [6.45, 7) is 0. The summed E-state index contributed by atoms with van der Waals surface area (Å²) in [6.07, 6.45) is 3.46. The molecule has 4 N–H and O–H groups in total. The average molecular weight is 324 g/mol. The highest BCUT2D eigenvalue weighted by Crippen LogP contribution is 2.30. The van der Waals surface area contributed by atoms with Gasteiger partial charge in [0.2, 0.25) is 0 Å². The predicted octanol–water partition coefficient (Wildman–Crippen LogP) is 3.53. The van der Waals surface area contributed by atoms with Crippen LogP contribution in [0, 0.1) is 0 Å². The van der Waals surface area contributed by atoms with Gasteiger partial charge in [-0.15, -0.1) is 11.8 Å². The van der Waals surface area contributed by atoms with E-state index in [1.165, 1.54) is 11.8 Å². The van der Waals surface area contributed by atoms with Gasteiger partial charge in [-0.05, 0) is 29.8 Å². The summed E-state index contributed by atoms with van der Waals surface area (Å²) < 4.78 is 5.59. The number of benzene rings is 2. The lowest BCUT2D eigenvalue weighted by Gasteiger charge is -2.08. The van der Waals surface area contributed by atoms with Crippen molar-refractivity contribution in [3.63, 3.8) is 0 Å². The van der Waals surface area contributed by atoms with Crippen molar-refractivity contribution in [2.45, 2.75) is 4.90 Å². The molecule has 5 nitrogen and oxygen atoms in total. The summed E-state index contributed by atoms with van der Waals surface area (Å²) in [5, 5.41) is 0. The molecule has 0 unspecified atom stereocenters. The summed E-state index contributed by atoms with van der Waals surface area (Å²) in [4.78, 5) is 9.46. The molecule has 0 atom stereocenters. The fraction of sp³-hybridized carbons (Fsp3) is 0.0588. The molecule has 3 rings (SSSR count). The van der Waals surface area contributed by atoms with Crippen LogP contribution in [0.5, 0.6) is 11.8 Å². The molecule has 0 spiro atoms. The summed E-state index contributed by atoms with van der Waals surface area (Å²) in [5.41, 5.74) is 14.1. The SMILES string of the molecule is NCSc1cc(-c2cnc(Oc3ccccc3)nc2)ccc1N. The Kier molecular flexibility index (Phi) is 4.75. The molecule has 3 aromatic rings. The third-order valence-corrected chi connectivity index (χ3v) is 4.00. The normalized spacial score (nSPS) is 10.5. The fourth-order valence-electron chi connectivity index (χ4n) is 2.04. The van der Waals surface area contributed by atoms with Crippen LogP contribution in [0.4, 0.5) is 5.69 Å². The third-order valence-electron chi connectivity index (χ3n) is 3.17. The molecule has 0 aliphatic heterocycles. The van der Waals surface area contributed by atoms with Gasteiger partial charge in [0.1, 0.15) is 5.75 Å². The van der Waals surface area contributed by atoms with Crippen LogP contribution < -0.4 is 16.2 Å². The zero-order valence-corrected chi connectivity index (χ0v) is 13.2. The van der Waals surface area contributed by atoms with E-state index in [2.05, 4.69) is 9.97 Å². The van der Waals surface area contributed by atoms with Gasteiger partial charge in [0.05, 0.1) is 0 Å². The van der Waals surface area contributed by atoms with Gasteiger partial charge in [-0.3, -0.25) is 0 Å². The molecular weight excluding hydrogens is 308 g/mol. The smallest absolute Gasteiger partial charge is 0.321 e. The molecule has 6 heteroatoms. The fourth-order valence-corrected chi connectivity index (χ4v) is 2.67. The minimum atomic E-state index is 0.312. The molecule has 0 amide bonds. The van der Waals surface area contributed by atoms with Crippen LogP contribution in [0.25, 0.3) is 11.1 Å². The molecule has 1 aromatic heterocycles. The number of para-hydroxylation sites is 1. The number of anilines is 1. The van der Waals surface area contributed by atoms with Crippen molar-refractivity contribution in [3.05, 3.63) is 60.9 Å². The lowest BCUT2D eigenvalue weighted by Crippen LogP contribution is -1.96. The van der Waals surface area contributed by atoms with Crippen molar-refractivity contribution < 1.29 is 4.74 Å². The van der Waals surface area contributed by atoms with Gasteiger partial charge in [-0.1, -0.05) is 24.3 Å². The van der Waals surface area contributed by atoms with Crippen LogP contribution in [0.15, 0.2) is 65.8 Å². The third kappa shape index (κ3) is 3.80. The van der Waals surface area contributed by atoms with E-state index in [4.69, 9.17) is 16.2 Å². The number of thioether (sulfide) groups is 1. The molecule has 0 fully saturated rings. The lowest BCUT2D eigenvalue weighted by molar-refractivity contribution is 0.442. The molecule has 116 valence electrons. The topological polar surface area (TPSA) is 87.0 Å². The van der Waals surface area contributed by atoms with Gasteiger partial charge in [0.15, 0.2) is 0 Å². The second-order valence-corrected chi connectivity index (χ2v) is 5.79. The van der Waals surface area contributed by atoms with Gasteiger partial charge in [0, 0.05) is 34.4 Å². The molecular formula is C17H16N4OS. The number of hydrogen-bond donors (Lipinski definition) is 2. The molecule has 0 radical (unpaired) electrons. The Labute approximate surface area is 138 Å². The highest BCUT2D eigenvalue weighted by Gasteiger charge is 2.06. The average Bonchev–Trinajstić information content (AvgIpc) is 2.59. The summed E-state index contributed by atoms with van der Waals surface area (Å²) in [6, 6.07) is 15.5. The van der Waals surface area contributed by atoms with Crippen LogP contribution in [-0.2, 0) is 0 Å². The number of rotatable bonds is 5. The first kappa shape index (κ1) is 15.3. The Morgan fingerprint density at radius 1 is 0.957 bits per heavy atom. The summed E-state index contributed by atoms with van der Waals surface area (Å²) in [7, 11) is 0. The zero-order chi connectivity index (χ0) is 16.1. The van der Waals surface area contributed by atoms with E-state index in [1.807, 2.05) is 48.5 Å². The molecule has 2 aromatic carbocycles. The number of aromatic nitrogens is 2. The zero-order valence-electron chi connectivity index (χ0n) is 12.3. The second kappa shape index (κ2) is 7.13. The predicted molar refractivity (Wildman–Crippen MR) is 93.3 cm³/mol. The standard InChI is InChI=1S/C17H16N4OS/c18-11-23-16-8-12(6-7-15(16)19)13-9-20-17(21-10-13)22-14-4-2-1-3-5-14/h1-10H,11,18-19H2. The summed E-state index contributed by atoms with van der Waals surface area (Å²) in [5.74, 6) is 1.18. The highest BCUT2D eigenvalue weighted by molar-refractivity contribution is 7.99. The Bertz CT molecular complexity index is 778. The molecule has 23 heavy (non-hydrogen) atoms. The highest BCUT2D eigenvalue weighted by atomic mass is 32.2. The van der Waals surface area contributed by atoms with Crippen molar-refractivity contribution in [2.24, 2.45) is 5.73 Å². The molecule has 0 aliphatic carbocycles. The van der Waals surface area contributed by atoms with E-state index >= 15 is 0 Å². The van der Waals surface area contributed by atoms with Crippen LogP contribution in [0.3, 0.4) is 0 Å². The van der Waals surface area contributed by atoms with Crippen molar-refractivity contribution in [2.75, 3.05) is 11.6 Å². The number of nitrogen functional groups attached to an aromatic ring is 1. The molecule has 1 heterocycles. The lowest BCUT2D eigenvalue weighted by atomic mass is 10.1. The van der Waals surface area contributed by atoms with Crippen LogP contribution in [-0.4, -0.2) is 15.8 Å². The number of hydrogen-bond acceptors (Lipinski definition) is 6. The van der Waals surface area contributed by atoms with Crippen LogP contribution in [0.2, 0.25) is 0 Å². The monoisotopic (exact) mass is 324 g/mol. The van der Waals surface area contributed by atoms with E-state index < -0.39 is 0 Å². The first-order valence-corrected chi connectivity index (χ1v) is 8.02. The van der Waals surface area contributed by atoms with Gasteiger partial charge in [-0.25, -0.2) is 9.97 Å². The number of nitrogens with zero attached hydrogens (tertiary/aromatic N) is 2. The second-order valence-electron chi connectivity index (χ2n) is 4.73. The first-order chi connectivity index (χ1) is 11.3. The summed E-state index contributed by atoms with van der Waals surface area (Å²) >= 11 is 1.50. The van der Waals surface area contributed by atoms with Gasteiger partial charge >= 0.3 is 6.01 Å². The van der Waals surface area contributed by atoms with E-state index in [-0.39, 0.29) is 0 Å². The maximum atomic E-state index is 5.94. The Morgan fingerprint density at radius 3 is 2.39 bits per heavy atom. The Balaban J connectivity index is 1.80. The molecule has 0 saturated heterocycles. The minimum Gasteiger partial charge on any atom is -0.424 e. The Hall–Kier alpha value is -2.57. The number of ether oxygens (including phenoxy) is 1. The van der Waals surface area contributed by atoms with E-state index in [1.54, 1.807) is 12.4 Å². The quantitative estimate of drug-likeness (QED) is 0.424. The Morgan fingerprint density at radius 2 is 1.70 bits per heavy atom.